The van der Waals surface area contributed by atoms with Gasteiger partial charge >= 0.3 is 0 Å². The van der Waals surface area contributed by atoms with Crippen molar-refractivity contribution in [3.8, 4) is 0 Å². The lowest BCUT2D eigenvalue weighted by Crippen LogP contribution is -2.36. The zero-order chi connectivity index (χ0) is 19.1. The number of hydrogen-bond donors (Lipinski definition) is 0. The molecule has 0 bridgehead atoms. The largest absolute Gasteiger partial charge is 0.378 e. The molecule has 1 aliphatic heterocycles. The van der Waals surface area contributed by atoms with Crippen LogP contribution >= 0.6 is 0 Å². The van der Waals surface area contributed by atoms with Gasteiger partial charge < -0.3 is 14.5 Å². The van der Waals surface area contributed by atoms with Crippen molar-refractivity contribution in [2.75, 3.05) is 58.4 Å². The molecular formula is C22H32N4O. The van der Waals surface area contributed by atoms with Gasteiger partial charge in [0.05, 0.1) is 18.9 Å². The first-order valence-electron chi connectivity index (χ1n) is 9.81. The smallest absolute Gasteiger partial charge is 0.0642 e. The molecule has 27 heavy (non-hydrogen) atoms. The summed E-state index contributed by atoms with van der Waals surface area (Å²) in [6.07, 6.45) is 1.88. The van der Waals surface area contributed by atoms with Crippen LogP contribution in [-0.4, -0.2) is 68.3 Å². The van der Waals surface area contributed by atoms with Crippen LogP contribution in [0.3, 0.4) is 0 Å². The molecule has 5 heteroatoms. The highest BCUT2D eigenvalue weighted by atomic mass is 16.5. The predicted molar refractivity (Wildman–Crippen MR) is 111 cm³/mol. The van der Waals surface area contributed by atoms with Crippen LogP contribution in [-0.2, 0) is 17.8 Å². The molecule has 0 saturated carbocycles. The maximum Gasteiger partial charge on any atom is 0.0642 e. The van der Waals surface area contributed by atoms with E-state index in [1.807, 2.05) is 12.3 Å². The van der Waals surface area contributed by atoms with Crippen molar-refractivity contribution in [3.63, 3.8) is 0 Å². The Morgan fingerprint density at radius 2 is 1.85 bits per heavy atom. The van der Waals surface area contributed by atoms with E-state index in [0.29, 0.717) is 0 Å². The molecule has 0 amide bonds. The summed E-state index contributed by atoms with van der Waals surface area (Å²) in [6, 6.07) is 13.0. The first kappa shape index (κ1) is 19.8. The van der Waals surface area contributed by atoms with Crippen LogP contribution in [0.1, 0.15) is 16.8 Å². The van der Waals surface area contributed by atoms with Crippen LogP contribution < -0.4 is 4.90 Å². The number of aromatic nitrogens is 1. The number of likely N-dealkylation sites (N-methyl/N-ethyl adjacent to an activating group) is 1. The Balaban J connectivity index is 1.69. The molecule has 0 radical (unpaired) electrons. The number of anilines is 1. The highest BCUT2D eigenvalue weighted by molar-refractivity contribution is 5.51. The van der Waals surface area contributed by atoms with Gasteiger partial charge in [-0.15, -0.1) is 0 Å². The van der Waals surface area contributed by atoms with Crippen molar-refractivity contribution in [2.45, 2.75) is 20.0 Å². The molecule has 0 aliphatic carbocycles. The predicted octanol–water partition coefficient (Wildman–Crippen LogP) is 2.79. The Kier molecular flexibility index (Phi) is 7.21. The van der Waals surface area contributed by atoms with Gasteiger partial charge in [0, 0.05) is 51.2 Å². The number of benzene rings is 1. The van der Waals surface area contributed by atoms with Gasteiger partial charge in [-0.3, -0.25) is 9.88 Å². The first-order valence-corrected chi connectivity index (χ1v) is 9.81. The maximum atomic E-state index is 5.47. The monoisotopic (exact) mass is 368 g/mol. The summed E-state index contributed by atoms with van der Waals surface area (Å²) >= 11 is 0. The molecule has 146 valence electrons. The molecule has 1 aromatic heterocycles. The number of hydrogen-bond acceptors (Lipinski definition) is 5. The van der Waals surface area contributed by atoms with Gasteiger partial charge in [0.25, 0.3) is 0 Å². The summed E-state index contributed by atoms with van der Waals surface area (Å²) in [5.74, 6) is 0. The standard InChI is InChI=1S/C22H32N4O/c1-19-16-22(26-12-14-27-15-13-26)8-7-20(19)17-25(11-10-24(2)3)18-21-6-4-5-9-23-21/h4-9,16H,10-15,17-18H2,1-3H3. The molecule has 1 aromatic carbocycles. The second-order valence-corrected chi connectivity index (χ2v) is 7.55. The second-order valence-electron chi connectivity index (χ2n) is 7.55. The van der Waals surface area contributed by atoms with E-state index in [1.54, 1.807) is 0 Å². The second kappa shape index (κ2) is 9.83. The van der Waals surface area contributed by atoms with Crippen LogP contribution in [0, 0.1) is 6.92 Å². The molecule has 5 nitrogen and oxygen atoms in total. The zero-order valence-corrected chi connectivity index (χ0v) is 16.9. The topological polar surface area (TPSA) is 31.8 Å². The van der Waals surface area contributed by atoms with Crippen molar-refractivity contribution in [1.29, 1.82) is 0 Å². The van der Waals surface area contributed by atoms with Gasteiger partial charge in [0.15, 0.2) is 0 Å². The summed E-state index contributed by atoms with van der Waals surface area (Å²) in [4.78, 5) is 11.6. The number of rotatable bonds is 8. The van der Waals surface area contributed by atoms with E-state index in [-0.39, 0.29) is 0 Å². The van der Waals surface area contributed by atoms with Crippen LogP contribution in [0.4, 0.5) is 5.69 Å². The third-order valence-corrected chi connectivity index (χ3v) is 5.07. The molecular weight excluding hydrogens is 336 g/mol. The fourth-order valence-electron chi connectivity index (χ4n) is 3.39. The maximum absolute atomic E-state index is 5.47. The van der Waals surface area contributed by atoms with E-state index in [9.17, 15) is 0 Å². The minimum Gasteiger partial charge on any atom is -0.378 e. The fraction of sp³-hybridized carbons (Fsp3) is 0.500. The highest BCUT2D eigenvalue weighted by Crippen LogP contribution is 2.22. The van der Waals surface area contributed by atoms with Crippen LogP contribution in [0.25, 0.3) is 0 Å². The lowest BCUT2D eigenvalue weighted by molar-refractivity contribution is 0.122. The Morgan fingerprint density at radius 1 is 1.04 bits per heavy atom. The summed E-state index contributed by atoms with van der Waals surface area (Å²) in [6.45, 7) is 9.71. The van der Waals surface area contributed by atoms with E-state index in [1.165, 1.54) is 16.8 Å². The number of pyridine rings is 1. The van der Waals surface area contributed by atoms with E-state index >= 15 is 0 Å². The summed E-state index contributed by atoms with van der Waals surface area (Å²) in [5, 5.41) is 0. The molecule has 0 atom stereocenters. The number of aryl methyl sites for hydroxylation is 1. The molecule has 2 heterocycles. The molecule has 3 rings (SSSR count). The minimum absolute atomic E-state index is 0.823. The van der Waals surface area contributed by atoms with Gasteiger partial charge in [-0.2, -0.15) is 0 Å². The average molecular weight is 369 g/mol. The molecule has 2 aromatic rings. The van der Waals surface area contributed by atoms with E-state index < -0.39 is 0 Å². The lowest BCUT2D eigenvalue weighted by atomic mass is 10.1. The number of morpholine rings is 1. The zero-order valence-electron chi connectivity index (χ0n) is 16.9. The van der Waals surface area contributed by atoms with Gasteiger partial charge in [0.2, 0.25) is 0 Å². The first-order chi connectivity index (χ1) is 13.1. The Hall–Kier alpha value is -1.95. The SMILES string of the molecule is Cc1cc(N2CCOCC2)ccc1CN(CCN(C)C)Cc1ccccn1. The van der Waals surface area contributed by atoms with Gasteiger partial charge in [-0.05, 0) is 56.4 Å². The van der Waals surface area contributed by atoms with Gasteiger partial charge in [-0.1, -0.05) is 12.1 Å². The van der Waals surface area contributed by atoms with E-state index in [2.05, 4.69) is 71.0 Å². The molecule has 0 N–H and O–H groups in total. The molecule has 1 saturated heterocycles. The summed E-state index contributed by atoms with van der Waals surface area (Å²) in [5.41, 5.74) is 5.18. The molecule has 0 unspecified atom stereocenters. The number of ether oxygens (including phenoxy) is 1. The average Bonchev–Trinajstić information content (AvgIpc) is 2.69. The van der Waals surface area contributed by atoms with E-state index in [0.717, 1.165) is 58.2 Å². The Morgan fingerprint density at radius 3 is 2.52 bits per heavy atom. The van der Waals surface area contributed by atoms with Crippen molar-refractivity contribution in [1.82, 2.24) is 14.8 Å². The molecule has 0 spiro atoms. The summed E-state index contributed by atoms with van der Waals surface area (Å²) < 4.78 is 5.47. The normalized spacial score (nSPS) is 14.9. The van der Waals surface area contributed by atoms with Gasteiger partial charge in [-0.25, -0.2) is 0 Å². The third-order valence-electron chi connectivity index (χ3n) is 5.07. The van der Waals surface area contributed by atoms with Crippen molar-refractivity contribution in [3.05, 3.63) is 59.4 Å². The molecule has 1 fully saturated rings. The molecule has 1 aliphatic rings. The van der Waals surface area contributed by atoms with Crippen LogP contribution in [0.2, 0.25) is 0 Å². The Bertz CT molecular complexity index is 699. The number of nitrogens with zero attached hydrogens (tertiary/aromatic N) is 4. The van der Waals surface area contributed by atoms with Crippen molar-refractivity contribution >= 4 is 5.69 Å². The van der Waals surface area contributed by atoms with Crippen LogP contribution in [0.15, 0.2) is 42.6 Å². The Labute approximate surface area is 163 Å². The van der Waals surface area contributed by atoms with Crippen molar-refractivity contribution < 1.29 is 4.74 Å². The highest BCUT2D eigenvalue weighted by Gasteiger charge is 2.14. The van der Waals surface area contributed by atoms with E-state index in [4.69, 9.17) is 4.74 Å². The summed E-state index contributed by atoms with van der Waals surface area (Å²) in [7, 11) is 4.25. The third kappa shape index (κ3) is 6.03. The fourth-order valence-corrected chi connectivity index (χ4v) is 3.39. The lowest BCUT2D eigenvalue weighted by Gasteiger charge is -2.30. The van der Waals surface area contributed by atoms with Crippen molar-refractivity contribution in [2.24, 2.45) is 0 Å². The minimum atomic E-state index is 0.823. The van der Waals surface area contributed by atoms with Crippen LogP contribution in [0.5, 0.6) is 0 Å². The van der Waals surface area contributed by atoms with Gasteiger partial charge in [0.1, 0.15) is 0 Å². The quantitative estimate of drug-likeness (QED) is 0.715.